The Hall–Kier alpha value is -2.68. The van der Waals surface area contributed by atoms with E-state index in [1.54, 1.807) is 11.0 Å². The summed E-state index contributed by atoms with van der Waals surface area (Å²) in [6.07, 6.45) is 2.84. The summed E-state index contributed by atoms with van der Waals surface area (Å²) in [6, 6.07) is 5.58. The van der Waals surface area contributed by atoms with E-state index >= 15 is 0 Å². The van der Waals surface area contributed by atoms with Crippen molar-refractivity contribution in [3.63, 3.8) is 0 Å². The van der Waals surface area contributed by atoms with Crippen molar-refractivity contribution in [3.8, 4) is 11.5 Å². The molecule has 1 aliphatic rings. The van der Waals surface area contributed by atoms with E-state index in [1.807, 2.05) is 26.0 Å². The zero-order valence-corrected chi connectivity index (χ0v) is 17.5. The number of hydrogen-bond acceptors (Lipinski definition) is 6. The van der Waals surface area contributed by atoms with Crippen LogP contribution in [0.25, 0.3) is 22.4 Å². The molecule has 29 heavy (non-hydrogen) atoms. The fraction of sp³-hybridized carbons (Fsp3) is 0.450. The highest BCUT2D eigenvalue weighted by molar-refractivity contribution is 7.92. The quantitative estimate of drug-likeness (QED) is 0.700. The summed E-state index contributed by atoms with van der Waals surface area (Å²) in [5.74, 6) is -0.300. The second-order valence-corrected chi connectivity index (χ2v) is 9.73. The van der Waals surface area contributed by atoms with Crippen LogP contribution in [0.5, 0.6) is 0 Å². The number of rotatable bonds is 4. The first-order valence-electron chi connectivity index (χ1n) is 9.74. The van der Waals surface area contributed by atoms with E-state index < -0.39 is 26.2 Å². The van der Waals surface area contributed by atoms with Crippen LogP contribution in [-0.4, -0.2) is 52.7 Å². The van der Waals surface area contributed by atoms with Gasteiger partial charge in [0.1, 0.15) is 5.25 Å². The Morgan fingerprint density at radius 2 is 1.90 bits per heavy atom. The van der Waals surface area contributed by atoms with E-state index in [4.69, 9.17) is 4.42 Å². The van der Waals surface area contributed by atoms with E-state index in [0.29, 0.717) is 18.7 Å². The van der Waals surface area contributed by atoms with Crippen molar-refractivity contribution in [2.24, 2.45) is 0 Å². The van der Waals surface area contributed by atoms with Crippen molar-refractivity contribution in [3.05, 3.63) is 29.5 Å². The molecule has 4 rings (SSSR count). The van der Waals surface area contributed by atoms with E-state index in [9.17, 15) is 13.2 Å². The number of nitrogens with zero attached hydrogens (tertiary/aromatic N) is 3. The summed E-state index contributed by atoms with van der Waals surface area (Å²) in [5, 5.41) is 6.89. The molecule has 9 heteroatoms. The van der Waals surface area contributed by atoms with E-state index in [0.717, 1.165) is 41.4 Å². The molecule has 0 saturated carbocycles. The monoisotopic (exact) mass is 416 g/mol. The number of amides is 1. The SMILES string of the molecule is Cc1[nH]c2ccc(-c3nnc(S(=O)(=O)C(C)C(=O)N4CCCCC4)o3)cc2c1C. The zero-order valence-electron chi connectivity index (χ0n) is 16.7. The van der Waals surface area contributed by atoms with Gasteiger partial charge in [0.2, 0.25) is 21.6 Å². The smallest absolute Gasteiger partial charge is 0.336 e. The van der Waals surface area contributed by atoms with Crippen LogP contribution in [0.1, 0.15) is 37.4 Å². The molecule has 8 nitrogen and oxygen atoms in total. The first-order valence-corrected chi connectivity index (χ1v) is 11.3. The first kappa shape index (κ1) is 19.6. The van der Waals surface area contributed by atoms with Gasteiger partial charge < -0.3 is 14.3 Å². The van der Waals surface area contributed by atoms with Gasteiger partial charge in [-0.15, -0.1) is 5.10 Å². The van der Waals surface area contributed by atoms with Crippen molar-refractivity contribution in [1.29, 1.82) is 0 Å². The highest BCUT2D eigenvalue weighted by Crippen LogP contribution is 2.28. The lowest BCUT2D eigenvalue weighted by Gasteiger charge is -2.28. The summed E-state index contributed by atoms with van der Waals surface area (Å²) in [4.78, 5) is 17.5. The molecule has 0 radical (unpaired) electrons. The predicted molar refractivity (Wildman–Crippen MR) is 108 cm³/mol. The Balaban J connectivity index is 1.62. The van der Waals surface area contributed by atoms with Gasteiger partial charge >= 0.3 is 5.22 Å². The Bertz CT molecular complexity index is 1170. The molecular weight excluding hydrogens is 392 g/mol. The van der Waals surface area contributed by atoms with Gasteiger partial charge in [-0.3, -0.25) is 4.79 Å². The number of likely N-dealkylation sites (tertiary alicyclic amines) is 1. The average molecular weight is 417 g/mol. The number of nitrogens with one attached hydrogen (secondary N) is 1. The van der Waals surface area contributed by atoms with Gasteiger partial charge in [0.25, 0.3) is 0 Å². The highest BCUT2D eigenvalue weighted by Gasteiger charge is 2.37. The lowest BCUT2D eigenvalue weighted by Crippen LogP contribution is -2.44. The number of hydrogen-bond donors (Lipinski definition) is 1. The van der Waals surface area contributed by atoms with E-state index in [1.165, 1.54) is 6.92 Å². The van der Waals surface area contributed by atoms with Crippen molar-refractivity contribution in [2.75, 3.05) is 13.1 Å². The second-order valence-electron chi connectivity index (χ2n) is 7.58. The van der Waals surface area contributed by atoms with Crippen molar-refractivity contribution in [1.82, 2.24) is 20.1 Å². The zero-order chi connectivity index (χ0) is 20.8. The van der Waals surface area contributed by atoms with Gasteiger partial charge in [0.05, 0.1) is 0 Å². The summed E-state index contributed by atoms with van der Waals surface area (Å²) < 4.78 is 31.3. The fourth-order valence-electron chi connectivity index (χ4n) is 3.69. The maximum absolute atomic E-state index is 12.9. The number of aromatic nitrogens is 3. The maximum atomic E-state index is 12.9. The van der Waals surface area contributed by atoms with Crippen molar-refractivity contribution >= 4 is 26.6 Å². The van der Waals surface area contributed by atoms with E-state index in [-0.39, 0.29) is 5.89 Å². The van der Waals surface area contributed by atoms with Crippen LogP contribution in [0.2, 0.25) is 0 Å². The Morgan fingerprint density at radius 1 is 1.17 bits per heavy atom. The molecule has 154 valence electrons. The number of benzene rings is 1. The minimum absolute atomic E-state index is 0.112. The molecule has 2 aromatic heterocycles. The first-order chi connectivity index (χ1) is 13.8. The maximum Gasteiger partial charge on any atom is 0.336 e. The molecule has 3 heterocycles. The minimum atomic E-state index is -4.06. The third-order valence-corrected chi connectivity index (χ3v) is 7.47. The van der Waals surface area contributed by atoms with Gasteiger partial charge in [-0.2, -0.15) is 0 Å². The molecule has 0 aliphatic carbocycles. The molecule has 1 amide bonds. The van der Waals surface area contributed by atoms with Gasteiger partial charge in [0, 0.05) is 35.2 Å². The highest BCUT2D eigenvalue weighted by atomic mass is 32.2. The molecule has 1 N–H and O–H groups in total. The topological polar surface area (TPSA) is 109 Å². The fourth-order valence-corrected chi connectivity index (χ4v) is 4.76. The Labute approximate surface area is 169 Å². The molecule has 1 fully saturated rings. The van der Waals surface area contributed by atoms with Crippen LogP contribution in [0.3, 0.4) is 0 Å². The average Bonchev–Trinajstić information content (AvgIpc) is 3.33. The third kappa shape index (κ3) is 3.43. The van der Waals surface area contributed by atoms with Crippen LogP contribution in [0, 0.1) is 13.8 Å². The van der Waals surface area contributed by atoms with Crippen LogP contribution in [0.4, 0.5) is 0 Å². The minimum Gasteiger partial charge on any atom is -0.408 e. The Kier molecular flexibility index (Phi) is 4.94. The van der Waals surface area contributed by atoms with Gasteiger partial charge in [-0.1, -0.05) is 5.10 Å². The van der Waals surface area contributed by atoms with Gasteiger partial charge in [-0.05, 0) is 63.8 Å². The van der Waals surface area contributed by atoms with Gasteiger partial charge in [-0.25, -0.2) is 8.42 Å². The predicted octanol–water partition coefficient (Wildman–Crippen LogP) is 3.01. The number of aryl methyl sites for hydroxylation is 2. The lowest BCUT2D eigenvalue weighted by molar-refractivity contribution is -0.131. The molecule has 1 saturated heterocycles. The molecule has 0 spiro atoms. The Morgan fingerprint density at radius 3 is 2.62 bits per heavy atom. The number of piperidine rings is 1. The van der Waals surface area contributed by atoms with Crippen molar-refractivity contribution in [2.45, 2.75) is 50.5 Å². The molecule has 1 aromatic carbocycles. The molecule has 3 aromatic rings. The number of aromatic amines is 1. The number of sulfone groups is 1. The van der Waals surface area contributed by atoms with Crippen molar-refractivity contribution < 1.29 is 17.6 Å². The standard InChI is InChI=1S/C20H24N4O4S/c1-12-13(2)21-17-8-7-15(11-16(12)17)18-22-23-20(28-18)29(26,27)14(3)19(25)24-9-5-4-6-10-24/h7-8,11,14,21H,4-6,9-10H2,1-3H3. The largest absolute Gasteiger partial charge is 0.408 e. The van der Waals surface area contributed by atoms with E-state index in [2.05, 4.69) is 15.2 Å². The number of H-pyrrole nitrogens is 1. The van der Waals surface area contributed by atoms with Crippen LogP contribution < -0.4 is 0 Å². The van der Waals surface area contributed by atoms with Crippen LogP contribution in [0.15, 0.2) is 27.8 Å². The lowest BCUT2D eigenvalue weighted by atomic mass is 10.1. The van der Waals surface area contributed by atoms with Gasteiger partial charge in [0.15, 0.2) is 0 Å². The number of carbonyl (C=O) groups is 1. The molecule has 0 bridgehead atoms. The van der Waals surface area contributed by atoms with Crippen LogP contribution in [-0.2, 0) is 14.6 Å². The molecule has 1 unspecified atom stereocenters. The number of fused-ring (bicyclic) bond motifs is 1. The summed E-state index contributed by atoms with van der Waals surface area (Å²) in [7, 11) is -4.06. The molecular formula is C20H24N4O4S. The number of carbonyl (C=O) groups excluding carboxylic acids is 1. The molecule has 1 aliphatic heterocycles. The summed E-state index contributed by atoms with van der Waals surface area (Å²) >= 11 is 0. The second kappa shape index (κ2) is 7.29. The third-order valence-electron chi connectivity index (χ3n) is 5.69. The van der Waals surface area contributed by atoms with Crippen LogP contribution >= 0.6 is 0 Å². The summed E-state index contributed by atoms with van der Waals surface area (Å²) in [5.41, 5.74) is 3.78. The normalized spacial score (nSPS) is 16.3. The summed E-state index contributed by atoms with van der Waals surface area (Å²) in [6.45, 7) is 6.56. The molecule has 1 atom stereocenters.